The molecule has 156 valence electrons. The van der Waals surface area contributed by atoms with E-state index in [9.17, 15) is 9.59 Å². The van der Waals surface area contributed by atoms with Gasteiger partial charge >= 0.3 is 0 Å². The quantitative estimate of drug-likeness (QED) is 0.792. The molecule has 2 N–H and O–H groups in total. The van der Waals surface area contributed by atoms with E-state index in [2.05, 4.69) is 10.4 Å². The molecule has 29 heavy (non-hydrogen) atoms. The Morgan fingerprint density at radius 3 is 2.41 bits per heavy atom. The predicted molar refractivity (Wildman–Crippen MR) is 105 cm³/mol. The third kappa shape index (κ3) is 3.25. The first-order valence-electron chi connectivity index (χ1n) is 9.59. The Balaban J connectivity index is 1.85. The third-order valence-corrected chi connectivity index (χ3v) is 5.62. The zero-order valence-corrected chi connectivity index (χ0v) is 16.7. The van der Waals surface area contributed by atoms with Gasteiger partial charge in [0.15, 0.2) is 11.5 Å². The van der Waals surface area contributed by atoms with Gasteiger partial charge in [0.25, 0.3) is 5.56 Å². The van der Waals surface area contributed by atoms with Crippen LogP contribution in [-0.2, 0) is 9.53 Å². The summed E-state index contributed by atoms with van der Waals surface area (Å²) in [6.07, 6.45) is 1.69. The lowest BCUT2D eigenvalue weighted by molar-refractivity contribution is -0.116. The maximum Gasteiger partial charge on any atom is 0.270 e. The van der Waals surface area contributed by atoms with Crippen LogP contribution in [0, 0.1) is 0 Å². The number of nitrogens with zero attached hydrogens (tertiary/aromatic N) is 1. The number of fused-ring (bicyclic) bond motifs is 1. The second-order valence-corrected chi connectivity index (χ2v) is 7.15. The number of anilines is 1. The molecule has 0 bridgehead atoms. The van der Waals surface area contributed by atoms with Crippen LogP contribution in [0.2, 0.25) is 0 Å². The molecule has 1 amide bonds. The molecule has 4 rings (SSSR count). The van der Waals surface area contributed by atoms with Crippen molar-refractivity contribution in [2.75, 3.05) is 39.9 Å². The number of hydrogen-bond donors (Lipinski definition) is 2. The summed E-state index contributed by atoms with van der Waals surface area (Å²) in [7, 11) is 4.60. The number of nitrogens with one attached hydrogen (secondary N) is 2. The van der Waals surface area contributed by atoms with Gasteiger partial charge in [0.1, 0.15) is 5.82 Å². The van der Waals surface area contributed by atoms with Crippen molar-refractivity contribution in [3.8, 4) is 17.2 Å². The first-order valence-corrected chi connectivity index (χ1v) is 9.59. The van der Waals surface area contributed by atoms with Crippen LogP contribution in [-0.4, -0.2) is 50.2 Å². The van der Waals surface area contributed by atoms with Crippen molar-refractivity contribution in [1.82, 2.24) is 9.78 Å². The van der Waals surface area contributed by atoms with Crippen LogP contribution in [0.3, 0.4) is 0 Å². The highest BCUT2D eigenvalue weighted by Crippen LogP contribution is 2.47. The van der Waals surface area contributed by atoms with E-state index in [0.717, 1.165) is 12.8 Å². The lowest BCUT2D eigenvalue weighted by Crippen LogP contribution is -2.28. The van der Waals surface area contributed by atoms with Crippen LogP contribution < -0.4 is 25.1 Å². The van der Waals surface area contributed by atoms with E-state index in [0.29, 0.717) is 47.4 Å². The average Bonchev–Trinajstić information content (AvgIpc) is 3.08. The highest BCUT2D eigenvalue weighted by Gasteiger charge is 2.36. The van der Waals surface area contributed by atoms with E-state index < -0.39 is 5.92 Å². The molecule has 0 spiro atoms. The van der Waals surface area contributed by atoms with E-state index in [4.69, 9.17) is 18.9 Å². The number of carbonyl (C=O) groups is 1. The molecule has 0 radical (unpaired) electrons. The molecular weight excluding hydrogens is 378 g/mol. The van der Waals surface area contributed by atoms with Crippen molar-refractivity contribution in [3.05, 3.63) is 33.6 Å². The van der Waals surface area contributed by atoms with Crippen LogP contribution in [0.1, 0.15) is 42.3 Å². The minimum Gasteiger partial charge on any atom is -0.493 e. The first kappa shape index (κ1) is 19.4. The van der Waals surface area contributed by atoms with Crippen molar-refractivity contribution in [1.29, 1.82) is 0 Å². The molecule has 9 heteroatoms. The third-order valence-electron chi connectivity index (χ3n) is 5.62. The van der Waals surface area contributed by atoms with Gasteiger partial charge in [0.05, 0.1) is 32.9 Å². The molecule has 1 aromatic carbocycles. The van der Waals surface area contributed by atoms with Gasteiger partial charge in [-0.3, -0.25) is 19.4 Å². The Bertz CT molecular complexity index is 973. The maximum atomic E-state index is 12.9. The normalized spacial score (nSPS) is 19.4. The number of H-pyrrole nitrogens is 1. The molecule has 1 fully saturated rings. The van der Waals surface area contributed by atoms with Crippen molar-refractivity contribution in [3.63, 3.8) is 0 Å². The van der Waals surface area contributed by atoms with Crippen LogP contribution in [0.25, 0.3) is 0 Å². The summed E-state index contributed by atoms with van der Waals surface area (Å²) in [5, 5.41) is 5.82. The predicted octanol–water partition coefficient (Wildman–Crippen LogP) is 2.03. The summed E-state index contributed by atoms with van der Waals surface area (Å²) in [4.78, 5) is 25.5. The molecule has 2 aromatic rings. The summed E-state index contributed by atoms with van der Waals surface area (Å²) < 4.78 is 23.6. The van der Waals surface area contributed by atoms with Crippen LogP contribution in [0.4, 0.5) is 5.82 Å². The molecule has 9 nitrogen and oxygen atoms in total. The Morgan fingerprint density at radius 2 is 1.76 bits per heavy atom. The molecule has 1 saturated heterocycles. The summed E-state index contributed by atoms with van der Waals surface area (Å²) in [5.74, 6) is 1.32. The Kier molecular flexibility index (Phi) is 5.23. The fraction of sp³-hybridized carbons (Fsp3) is 0.500. The van der Waals surface area contributed by atoms with E-state index in [-0.39, 0.29) is 23.9 Å². The van der Waals surface area contributed by atoms with E-state index in [1.165, 1.54) is 14.2 Å². The van der Waals surface area contributed by atoms with Gasteiger partial charge in [0.2, 0.25) is 11.7 Å². The van der Waals surface area contributed by atoms with E-state index >= 15 is 0 Å². The van der Waals surface area contributed by atoms with Gasteiger partial charge in [-0.15, -0.1) is 0 Å². The summed E-state index contributed by atoms with van der Waals surface area (Å²) >= 11 is 0. The zero-order chi connectivity index (χ0) is 20.5. The molecular formula is C20H25N3O6. The highest BCUT2D eigenvalue weighted by atomic mass is 16.5. The number of rotatable bonds is 5. The fourth-order valence-corrected chi connectivity index (χ4v) is 4.27. The second kappa shape index (κ2) is 7.82. The van der Waals surface area contributed by atoms with Crippen LogP contribution >= 0.6 is 0 Å². The summed E-state index contributed by atoms with van der Waals surface area (Å²) in [6, 6.07) is 3.65. The van der Waals surface area contributed by atoms with E-state index in [1.54, 1.807) is 17.9 Å². The van der Waals surface area contributed by atoms with Crippen LogP contribution in [0.5, 0.6) is 17.2 Å². The van der Waals surface area contributed by atoms with Gasteiger partial charge in [0, 0.05) is 31.1 Å². The number of aromatic amines is 1. The monoisotopic (exact) mass is 403 g/mol. The molecule has 3 heterocycles. The fourth-order valence-electron chi connectivity index (χ4n) is 4.27. The number of hydrogen-bond acceptors (Lipinski definition) is 6. The Labute approximate surface area is 167 Å². The second-order valence-electron chi connectivity index (χ2n) is 7.15. The maximum absolute atomic E-state index is 12.9. The summed E-state index contributed by atoms with van der Waals surface area (Å²) in [5.41, 5.74) is 1.02. The van der Waals surface area contributed by atoms with Crippen molar-refractivity contribution >= 4 is 11.7 Å². The van der Waals surface area contributed by atoms with Gasteiger partial charge in [-0.25, -0.2) is 0 Å². The van der Waals surface area contributed by atoms with Gasteiger partial charge in [-0.2, -0.15) is 0 Å². The zero-order valence-electron chi connectivity index (χ0n) is 16.7. The first-order chi connectivity index (χ1) is 14.1. The molecule has 1 atom stereocenters. The van der Waals surface area contributed by atoms with Crippen molar-refractivity contribution in [2.45, 2.75) is 31.2 Å². The number of amides is 1. The molecule has 2 aliphatic heterocycles. The standard InChI is InChI=1S/C20H25N3O6/c1-26-14-5-4-12(17(27-2)18(14)28-3)13-10-15(24)21-19-16(13)20(25)22-23(19)11-6-8-29-9-7-11/h4-5,11,13H,6-10H2,1-3H3,(H,21,24)(H,22,25). The van der Waals surface area contributed by atoms with Gasteiger partial charge in [-0.1, -0.05) is 6.07 Å². The number of ether oxygens (including phenoxy) is 4. The Morgan fingerprint density at radius 1 is 1.03 bits per heavy atom. The molecule has 1 aromatic heterocycles. The number of methoxy groups -OCH3 is 3. The largest absolute Gasteiger partial charge is 0.493 e. The summed E-state index contributed by atoms with van der Waals surface area (Å²) in [6.45, 7) is 1.25. The molecule has 0 aliphatic carbocycles. The van der Waals surface area contributed by atoms with E-state index in [1.807, 2.05) is 6.07 Å². The smallest absolute Gasteiger partial charge is 0.270 e. The van der Waals surface area contributed by atoms with Crippen molar-refractivity contribution in [2.24, 2.45) is 0 Å². The number of aromatic nitrogens is 2. The van der Waals surface area contributed by atoms with Gasteiger partial charge in [-0.05, 0) is 18.9 Å². The highest BCUT2D eigenvalue weighted by molar-refractivity contribution is 5.94. The van der Waals surface area contributed by atoms with Crippen molar-refractivity contribution < 1.29 is 23.7 Å². The molecule has 1 unspecified atom stereocenters. The SMILES string of the molecule is COc1ccc(C2CC(=O)Nc3c2c(=O)[nH]n3C2CCOCC2)c(OC)c1OC. The Hall–Kier alpha value is -2.94. The number of benzene rings is 1. The lowest BCUT2D eigenvalue weighted by Gasteiger charge is -2.29. The molecule has 0 saturated carbocycles. The topological polar surface area (TPSA) is 104 Å². The average molecular weight is 403 g/mol. The number of carbonyl (C=O) groups excluding carboxylic acids is 1. The minimum atomic E-state index is -0.460. The van der Waals surface area contributed by atoms with Gasteiger partial charge < -0.3 is 24.3 Å². The lowest BCUT2D eigenvalue weighted by atomic mass is 9.86. The molecule has 2 aliphatic rings. The van der Waals surface area contributed by atoms with Crippen LogP contribution in [0.15, 0.2) is 16.9 Å². The minimum absolute atomic E-state index is 0.0755.